The summed E-state index contributed by atoms with van der Waals surface area (Å²) >= 11 is 0. The maximum Gasteiger partial charge on any atom is 0.106 e. The molecule has 3 nitrogen and oxygen atoms in total. The standard InChI is InChI=1S/C8H16O3/c1-8(2)3-5(9)7(11)6(10)4-8/h5-7,9-11H,3-4H2,1-2H3/t5-,6?,7?/m0/s1. The summed E-state index contributed by atoms with van der Waals surface area (Å²) in [4.78, 5) is 0. The van der Waals surface area contributed by atoms with Crippen molar-refractivity contribution in [3.05, 3.63) is 0 Å². The topological polar surface area (TPSA) is 60.7 Å². The summed E-state index contributed by atoms with van der Waals surface area (Å²) in [5.74, 6) is 0. The molecule has 0 aromatic carbocycles. The lowest BCUT2D eigenvalue weighted by atomic mass is 9.73. The van der Waals surface area contributed by atoms with Gasteiger partial charge in [-0.3, -0.25) is 0 Å². The van der Waals surface area contributed by atoms with Gasteiger partial charge >= 0.3 is 0 Å². The number of rotatable bonds is 0. The summed E-state index contributed by atoms with van der Waals surface area (Å²) in [5, 5.41) is 27.7. The predicted molar refractivity (Wildman–Crippen MR) is 41.0 cm³/mol. The van der Waals surface area contributed by atoms with Gasteiger partial charge in [0.15, 0.2) is 0 Å². The minimum Gasteiger partial charge on any atom is -0.390 e. The van der Waals surface area contributed by atoms with Gasteiger partial charge in [-0.1, -0.05) is 13.8 Å². The molecule has 11 heavy (non-hydrogen) atoms. The maximum atomic E-state index is 9.27. The highest BCUT2D eigenvalue weighted by Gasteiger charge is 2.38. The van der Waals surface area contributed by atoms with E-state index in [1.54, 1.807) is 0 Å². The Labute approximate surface area is 66.7 Å². The number of hydrogen-bond donors (Lipinski definition) is 3. The molecule has 0 spiro atoms. The van der Waals surface area contributed by atoms with Crippen LogP contribution in [-0.4, -0.2) is 33.6 Å². The fourth-order valence-electron chi connectivity index (χ4n) is 1.71. The van der Waals surface area contributed by atoms with Crippen molar-refractivity contribution in [2.45, 2.75) is 45.0 Å². The van der Waals surface area contributed by atoms with Crippen LogP contribution >= 0.6 is 0 Å². The smallest absolute Gasteiger partial charge is 0.106 e. The third-order valence-corrected chi connectivity index (χ3v) is 2.31. The quantitative estimate of drug-likeness (QED) is 0.463. The average molecular weight is 160 g/mol. The Kier molecular flexibility index (Phi) is 2.23. The molecule has 1 rings (SSSR count). The molecule has 0 aromatic heterocycles. The molecule has 0 heterocycles. The highest BCUT2D eigenvalue weighted by molar-refractivity contribution is 4.90. The van der Waals surface area contributed by atoms with Crippen LogP contribution < -0.4 is 0 Å². The summed E-state index contributed by atoms with van der Waals surface area (Å²) in [6.07, 6.45) is -1.37. The molecule has 0 radical (unpaired) electrons. The summed E-state index contributed by atoms with van der Waals surface area (Å²) in [6.45, 7) is 3.96. The average Bonchev–Trinajstić information content (AvgIpc) is 1.81. The molecule has 3 heteroatoms. The number of hydrogen-bond acceptors (Lipinski definition) is 3. The van der Waals surface area contributed by atoms with Gasteiger partial charge in [0, 0.05) is 0 Å². The van der Waals surface area contributed by atoms with Crippen LogP contribution in [0.5, 0.6) is 0 Å². The van der Waals surface area contributed by atoms with E-state index in [1.165, 1.54) is 0 Å². The lowest BCUT2D eigenvalue weighted by molar-refractivity contribution is -0.116. The van der Waals surface area contributed by atoms with E-state index in [9.17, 15) is 15.3 Å². The molecule has 1 saturated carbocycles. The first-order chi connectivity index (χ1) is 4.92. The molecule has 1 fully saturated rings. The monoisotopic (exact) mass is 160 g/mol. The second-order valence-corrected chi connectivity index (χ2v) is 4.20. The second-order valence-electron chi connectivity index (χ2n) is 4.20. The molecule has 0 aliphatic heterocycles. The molecule has 3 atom stereocenters. The Balaban J connectivity index is 2.62. The van der Waals surface area contributed by atoms with Gasteiger partial charge in [0.1, 0.15) is 6.10 Å². The van der Waals surface area contributed by atoms with Crippen LogP contribution in [0.1, 0.15) is 26.7 Å². The van der Waals surface area contributed by atoms with E-state index >= 15 is 0 Å². The van der Waals surface area contributed by atoms with Gasteiger partial charge in [0.05, 0.1) is 12.2 Å². The highest BCUT2D eigenvalue weighted by Crippen LogP contribution is 2.35. The van der Waals surface area contributed by atoms with Gasteiger partial charge in [0.25, 0.3) is 0 Å². The van der Waals surface area contributed by atoms with E-state index < -0.39 is 18.3 Å². The Hall–Kier alpha value is -0.120. The van der Waals surface area contributed by atoms with Crippen molar-refractivity contribution in [3.8, 4) is 0 Å². The Morgan fingerprint density at radius 3 is 1.73 bits per heavy atom. The van der Waals surface area contributed by atoms with Crippen LogP contribution in [0.2, 0.25) is 0 Å². The van der Waals surface area contributed by atoms with Gasteiger partial charge in [-0.2, -0.15) is 0 Å². The van der Waals surface area contributed by atoms with Crippen molar-refractivity contribution in [2.24, 2.45) is 5.41 Å². The molecule has 0 amide bonds. The minimum absolute atomic E-state index is 0.0575. The van der Waals surface area contributed by atoms with Crippen LogP contribution in [0.15, 0.2) is 0 Å². The molecular weight excluding hydrogens is 144 g/mol. The van der Waals surface area contributed by atoms with Crippen molar-refractivity contribution in [1.29, 1.82) is 0 Å². The third-order valence-electron chi connectivity index (χ3n) is 2.31. The lowest BCUT2D eigenvalue weighted by Gasteiger charge is -2.39. The second kappa shape index (κ2) is 2.73. The summed E-state index contributed by atoms with van der Waals surface area (Å²) < 4.78 is 0. The fourth-order valence-corrected chi connectivity index (χ4v) is 1.71. The van der Waals surface area contributed by atoms with E-state index in [-0.39, 0.29) is 5.41 Å². The lowest BCUT2D eigenvalue weighted by Crippen LogP contribution is -2.47. The van der Waals surface area contributed by atoms with E-state index in [0.717, 1.165) is 0 Å². The highest BCUT2D eigenvalue weighted by atomic mass is 16.4. The van der Waals surface area contributed by atoms with Crippen molar-refractivity contribution < 1.29 is 15.3 Å². The van der Waals surface area contributed by atoms with Crippen LogP contribution in [0.3, 0.4) is 0 Å². The summed E-state index contributed by atoms with van der Waals surface area (Å²) in [6, 6.07) is 0. The first-order valence-corrected chi connectivity index (χ1v) is 3.96. The SMILES string of the molecule is CC1(C)CC(O)C(O)[C@@H](O)C1. The van der Waals surface area contributed by atoms with Crippen LogP contribution in [0.25, 0.3) is 0 Å². The molecule has 0 saturated heterocycles. The first kappa shape index (κ1) is 8.97. The molecule has 0 aromatic rings. The van der Waals surface area contributed by atoms with Crippen molar-refractivity contribution >= 4 is 0 Å². The van der Waals surface area contributed by atoms with E-state index in [0.29, 0.717) is 12.8 Å². The summed E-state index contributed by atoms with van der Waals surface area (Å²) in [7, 11) is 0. The van der Waals surface area contributed by atoms with Gasteiger partial charge in [-0.15, -0.1) is 0 Å². The Bertz CT molecular complexity index is 130. The van der Waals surface area contributed by atoms with Crippen LogP contribution in [-0.2, 0) is 0 Å². The van der Waals surface area contributed by atoms with Crippen LogP contribution in [0, 0.1) is 5.41 Å². The number of aliphatic hydroxyl groups excluding tert-OH is 3. The van der Waals surface area contributed by atoms with Crippen molar-refractivity contribution in [3.63, 3.8) is 0 Å². The van der Waals surface area contributed by atoms with Gasteiger partial charge in [0.2, 0.25) is 0 Å². The van der Waals surface area contributed by atoms with Gasteiger partial charge < -0.3 is 15.3 Å². The zero-order chi connectivity index (χ0) is 8.65. The maximum absolute atomic E-state index is 9.27. The van der Waals surface area contributed by atoms with Crippen molar-refractivity contribution in [2.75, 3.05) is 0 Å². The van der Waals surface area contributed by atoms with E-state index in [2.05, 4.69) is 0 Å². The zero-order valence-electron chi connectivity index (χ0n) is 6.99. The Morgan fingerprint density at radius 2 is 1.36 bits per heavy atom. The van der Waals surface area contributed by atoms with Gasteiger partial charge in [-0.25, -0.2) is 0 Å². The fraction of sp³-hybridized carbons (Fsp3) is 1.00. The van der Waals surface area contributed by atoms with Crippen molar-refractivity contribution in [1.82, 2.24) is 0 Å². The van der Waals surface area contributed by atoms with E-state index in [1.807, 2.05) is 13.8 Å². The molecule has 3 N–H and O–H groups in total. The Morgan fingerprint density at radius 1 is 1.00 bits per heavy atom. The third kappa shape index (κ3) is 1.92. The molecule has 66 valence electrons. The predicted octanol–water partition coefficient (Wildman–Crippen LogP) is -0.111. The largest absolute Gasteiger partial charge is 0.390 e. The molecule has 1 aliphatic carbocycles. The molecule has 2 unspecified atom stereocenters. The molecule has 0 bridgehead atoms. The number of aliphatic hydroxyl groups is 3. The molecule has 1 aliphatic rings. The minimum atomic E-state index is -0.956. The van der Waals surface area contributed by atoms with Crippen LogP contribution in [0.4, 0.5) is 0 Å². The summed E-state index contributed by atoms with van der Waals surface area (Å²) in [5.41, 5.74) is -0.0575. The molecular formula is C8H16O3. The zero-order valence-corrected chi connectivity index (χ0v) is 6.99. The normalized spacial score (nSPS) is 43.9. The first-order valence-electron chi connectivity index (χ1n) is 3.96. The van der Waals surface area contributed by atoms with Gasteiger partial charge in [-0.05, 0) is 18.3 Å². The van der Waals surface area contributed by atoms with E-state index in [4.69, 9.17) is 0 Å².